The summed E-state index contributed by atoms with van der Waals surface area (Å²) in [6, 6.07) is 2.14. The van der Waals surface area contributed by atoms with Crippen LogP contribution in [0.25, 0.3) is 11.8 Å². The Morgan fingerprint density at radius 1 is 1.10 bits per heavy atom. The molecular formula is C26H26O14. The van der Waals surface area contributed by atoms with Gasteiger partial charge in [-0.05, 0) is 24.1 Å². The van der Waals surface area contributed by atoms with Crippen LogP contribution in [0.2, 0.25) is 0 Å². The fourth-order valence-electron chi connectivity index (χ4n) is 5.43. The van der Waals surface area contributed by atoms with Gasteiger partial charge in [-0.2, -0.15) is 0 Å². The number of hydrogen-bond acceptors (Lipinski definition) is 13. The number of ether oxygens (including phenoxy) is 1. The summed E-state index contributed by atoms with van der Waals surface area (Å²) in [6.07, 6.45) is -3.57. The molecule has 0 heterocycles. The first-order chi connectivity index (χ1) is 18.6. The number of rotatable bonds is 6. The Morgan fingerprint density at radius 2 is 1.75 bits per heavy atom. The number of aromatic hydroxyl groups is 1. The van der Waals surface area contributed by atoms with Gasteiger partial charge in [0.05, 0.1) is 17.7 Å². The summed E-state index contributed by atoms with van der Waals surface area (Å²) in [5.41, 5.74) is -14.9. The molecule has 9 N–H and O–H groups in total. The van der Waals surface area contributed by atoms with Crippen LogP contribution in [-0.2, 0) is 23.9 Å². The van der Waals surface area contributed by atoms with Crippen molar-refractivity contribution in [3.05, 3.63) is 51.8 Å². The molecule has 4 rings (SSSR count). The fourth-order valence-corrected chi connectivity index (χ4v) is 5.43. The quantitative estimate of drug-likeness (QED) is 0.0878. The van der Waals surface area contributed by atoms with E-state index in [1.165, 1.54) is 0 Å². The molecule has 0 spiro atoms. The number of carbonyl (C=O) groups is 4. The first kappa shape index (κ1) is 28.9. The van der Waals surface area contributed by atoms with Crippen molar-refractivity contribution in [2.75, 3.05) is 6.61 Å². The molecule has 1 saturated carbocycles. The molecule has 3 aliphatic carbocycles. The average Bonchev–Trinajstić information content (AvgIpc) is 2.88. The first-order valence-electron chi connectivity index (χ1n) is 12.0. The lowest BCUT2D eigenvalue weighted by molar-refractivity contribution is -0.263. The van der Waals surface area contributed by atoms with Crippen LogP contribution in [0.1, 0.15) is 49.0 Å². The smallest absolute Gasteiger partial charge is 0.342 e. The highest BCUT2D eigenvalue weighted by Gasteiger charge is 2.77. The maximum absolute atomic E-state index is 13.6. The number of esters is 1. The van der Waals surface area contributed by atoms with E-state index in [-0.39, 0.29) is 12.2 Å². The number of Topliss-reactive ketones (excluding diaryl/α,β-unsaturated/α-hetero) is 2. The van der Waals surface area contributed by atoms with Gasteiger partial charge in [0.15, 0.2) is 17.1 Å². The van der Waals surface area contributed by atoms with E-state index < -0.39 is 98.5 Å². The van der Waals surface area contributed by atoms with E-state index in [4.69, 9.17) is 4.74 Å². The lowest BCUT2D eigenvalue weighted by Gasteiger charge is -2.57. The molecule has 14 heteroatoms. The van der Waals surface area contributed by atoms with E-state index >= 15 is 0 Å². The number of unbranched alkanes of at least 4 members (excludes halogenated alkanes) is 1. The zero-order chi connectivity index (χ0) is 29.9. The predicted molar refractivity (Wildman–Crippen MR) is 130 cm³/mol. The zero-order valence-electron chi connectivity index (χ0n) is 20.9. The molecule has 0 bridgehead atoms. The molecule has 14 nitrogen and oxygen atoms in total. The number of carboxylic acids is 1. The van der Waals surface area contributed by atoms with E-state index in [2.05, 4.69) is 0 Å². The fraction of sp³-hybridized carbons (Fsp3) is 0.385. The Bertz CT molecular complexity index is 1440. The van der Waals surface area contributed by atoms with Crippen LogP contribution >= 0.6 is 0 Å². The second kappa shape index (κ2) is 9.53. The number of ketones is 2. The zero-order valence-corrected chi connectivity index (χ0v) is 20.9. The van der Waals surface area contributed by atoms with E-state index in [9.17, 15) is 65.1 Å². The molecule has 40 heavy (non-hydrogen) atoms. The van der Waals surface area contributed by atoms with Crippen molar-refractivity contribution in [3.63, 3.8) is 0 Å². The Balaban J connectivity index is 1.96. The van der Waals surface area contributed by atoms with E-state index in [1.54, 1.807) is 0 Å². The molecule has 0 aromatic heterocycles. The largest absolute Gasteiger partial charge is 0.508 e. The number of benzene rings is 1. The number of phenols is 1. The Hall–Kier alpha value is -4.08. The van der Waals surface area contributed by atoms with Crippen molar-refractivity contribution >= 4 is 35.3 Å². The topological polar surface area (TPSA) is 260 Å². The third-order valence-corrected chi connectivity index (χ3v) is 7.52. The summed E-state index contributed by atoms with van der Waals surface area (Å²) in [5, 5.41) is 98.0. The molecule has 5 atom stereocenters. The maximum atomic E-state index is 13.6. The monoisotopic (exact) mass is 562 g/mol. The summed E-state index contributed by atoms with van der Waals surface area (Å²) >= 11 is 0. The lowest BCUT2D eigenvalue weighted by atomic mass is 9.52. The molecule has 0 amide bonds. The third kappa shape index (κ3) is 3.61. The van der Waals surface area contributed by atoms with Crippen molar-refractivity contribution < 1.29 is 69.9 Å². The number of carbonyl (C=O) groups excluding carboxylic acids is 3. The number of carboxylic acid groups (broad SMARTS) is 1. The molecule has 214 valence electrons. The van der Waals surface area contributed by atoms with Crippen molar-refractivity contribution in [1.29, 1.82) is 0 Å². The van der Waals surface area contributed by atoms with Crippen LogP contribution in [0.5, 0.6) is 5.75 Å². The summed E-state index contributed by atoms with van der Waals surface area (Å²) in [6.45, 7) is 1.99. The number of hydrogen-bond donors (Lipinski definition) is 9. The van der Waals surface area contributed by atoms with Gasteiger partial charge in [-0.3, -0.25) is 9.59 Å². The van der Waals surface area contributed by atoms with Crippen molar-refractivity contribution in [1.82, 2.24) is 0 Å². The van der Waals surface area contributed by atoms with Gasteiger partial charge in [0, 0.05) is 18.1 Å². The highest BCUT2D eigenvalue weighted by molar-refractivity contribution is 6.22. The molecule has 0 unspecified atom stereocenters. The van der Waals surface area contributed by atoms with E-state index in [0.29, 0.717) is 6.42 Å². The minimum absolute atomic E-state index is 0.113. The van der Waals surface area contributed by atoms with Crippen LogP contribution in [0.4, 0.5) is 0 Å². The van der Waals surface area contributed by atoms with Crippen LogP contribution in [0, 0.1) is 0 Å². The van der Waals surface area contributed by atoms with Gasteiger partial charge in [-0.15, -0.1) is 0 Å². The summed E-state index contributed by atoms with van der Waals surface area (Å²) < 4.78 is 4.99. The molecule has 3 aliphatic rings. The van der Waals surface area contributed by atoms with Gasteiger partial charge < -0.3 is 50.7 Å². The number of aliphatic hydroxyl groups is 7. The molecule has 1 fully saturated rings. The Kier molecular flexibility index (Phi) is 6.89. The van der Waals surface area contributed by atoms with E-state index in [1.807, 2.05) is 6.92 Å². The van der Waals surface area contributed by atoms with Crippen molar-refractivity contribution in [3.8, 4) is 5.75 Å². The maximum Gasteiger partial charge on any atom is 0.342 e. The molecule has 1 aromatic rings. The average molecular weight is 562 g/mol. The molecule has 1 aromatic carbocycles. The third-order valence-electron chi connectivity index (χ3n) is 7.52. The lowest BCUT2D eigenvalue weighted by Crippen LogP contribution is -2.80. The van der Waals surface area contributed by atoms with Gasteiger partial charge in [-0.1, -0.05) is 19.4 Å². The summed E-state index contributed by atoms with van der Waals surface area (Å²) in [7, 11) is 0. The van der Waals surface area contributed by atoms with Crippen LogP contribution in [-0.4, -0.2) is 99.0 Å². The normalized spacial score (nSPS) is 31.6. The molecule has 0 aliphatic heterocycles. The minimum Gasteiger partial charge on any atom is -0.508 e. The van der Waals surface area contributed by atoms with Gasteiger partial charge in [-0.25, -0.2) is 9.59 Å². The molecule has 0 radical (unpaired) electrons. The van der Waals surface area contributed by atoms with Crippen LogP contribution < -0.4 is 0 Å². The second-order valence-electron chi connectivity index (χ2n) is 9.76. The van der Waals surface area contributed by atoms with Gasteiger partial charge in [0.2, 0.25) is 11.4 Å². The first-order valence-corrected chi connectivity index (χ1v) is 12.0. The Morgan fingerprint density at radius 3 is 2.35 bits per heavy atom. The summed E-state index contributed by atoms with van der Waals surface area (Å²) in [5.74, 6) is -10.3. The van der Waals surface area contributed by atoms with Crippen LogP contribution in [0.15, 0.2) is 35.1 Å². The van der Waals surface area contributed by atoms with Crippen molar-refractivity contribution in [2.24, 2.45) is 0 Å². The van der Waals surface area contributed by atoms with Crippen molar-refractivity contribution in [2.45, 2.75) is 55.2 Å². The standard InChI is InChI=1S/C26H26O14/c1-2-3-8-40-13(29)7-5-10-4-6-11(27)15-14(10)19(31)25(38)17(18(15)30)21(33)26(39)20(32)16(22(34)35)12(28)9-24(26,37)23(25)36/h4-7,19,23,27,30-32,36-39H,2-3,8-9H2,1H3,(H,34,35)/b7-5+/t19-,23+,24-,25+,26+/m1/s1. The molecule has 0 saturated heterocycles. The number of aliphatic carboxylic acids is 1. The van der Waals surface area contributed by atoms with Crippen LogP contribution in [0.3, 0.4) is 0 Å². The van der Waals surface area contributed by atoms with Gasteiger partial charge in [0.1, 0.15) is 34.9 Å². The summed E-state index contributed by atoms with van der Waals surface area (Å²) in [4.78, 5) is 49.7. The highest BCUT2D eigenvalue weighted by Crippen LogP contribution is 2.58. The number of phenolic OH excluding ortho intramolecular Hbond substituents is 1. The highest BCUT2D eigenvalue weighted by atomic mass is 16.5. The number of aliphatic hydroxyl groups excluding tert-OH is 4. The van der Waals surface area contributed by atoms with Gasteiger partial charge >= 0.3 is 11.9 Å². The van der Waals surface area contributed by atoms with E-state index in [0.717, 1.165) is 30.7 Å². The number of fused-ring (bicyclic) bond motifs is 3. The Labute approximate surface area is 225 Å². The SMILES string of the molecule is CCCCOC(=O)/C=C/c1ccc(O)c2c1[C@@H](O)[C@@]1(O)C(=C2O)C(=O)[C@@]2(O)C(O)=C(C(=O)O)C(=O)C[C@@]2(O)[C@@H]1O. The minimum atomic E-state index is -3.78. The van der Waals surface area contributed by atoms with Gasteiger partial charge in [0.25, 0.3) is 0 Å². The predicted octanol–water partition coefficient (Wildman–Crippen LogP) is -0.929. The molecular weight excluding hydrogens is 536 g/mol. The second-order valence-corrected chi connectivity index (χ2v) is 9.76.